The van der Waals surface area contributed by atoms with Crippen LogP contribution in [-0.2, 0) is 21.2 Å². The van der Waals surface area contributed by atoms with E-state index in [0.717, 1.165) is 42.7 Å². The molecule has 6 nitrogen and oxygen atoms in total. The summed E-state index contributed by atoms with van der Waals surface area (Å²) in [7, 11) is -3.75. The summed E-state index contributed by atoms with van der Waals surface area (Å²) in [6, 6.07) is 12.7. The fraction of sp³-hybridized carbons (Fsp3) is 0.458. The number of ether oxygens (including phenoxy) is 1. The van der Waals surface area contributed by atoms with Crippen molar-refractivity contribution in [3.63, 3.8) is 0 Å². The van der Waals surface area contributed by atoms with Crippen molar-refractivity contribution in [2.75, 3.05) is 26.2 Å². The van der Waals surface area contributed by atoms with Crippen molar-refractivity contribution in [1.29, 1.82) is 0 Å². The monoisotopic (exact) mass is 462 g/mol. The van der Waals surface area contributed by atoms with E-state index >= 15 is 0 Å². The summed E-state index contributed by atoms with van der Waals surface area (Å²) < 4.78 is 46.0. The molecule has 0 unspecified atom stereocenters. The minimum atomic E-state index is -3.75. The van der Waals surface area contributed by atoms with Gasteiger partial charge in [0.05, 0.1) is 17.4 Å². The molecule has 0 aromatic heterocycles. The lowest BCUT2D eigenvalue weighted by Gasteiger charge is -2.31. The summed E-state index contributed by atoms with van der Waals surface area (Å²) in [5.74, 6) is -0.118. The maximum Gasteiger partial charge on any atom is 0.243 e. The van der Waals surface area contributed by atoms with Gasteiger partial charge in [-0.15, -0.1) is 0 Å². The lowest BCUT2D eigenvalue weighted by Crippen LogP contribution is -2.45. The number of halogens is 1. The van der Waals surface area contributed by atoms with Crippen LogP contribution in [0.3, 0.4) is 0 Å². The highest BCUT2D eigenvalue weighted by atomic mass is 32.2. The number of nitrogens with zero attached hydrogens (tertiary/aromatic N) is 1. The average molecular weight is 463 g/mol. The molecule has 1 amide bonds. The number of rotatable bonds is 10. The normalized spacial score (nSPS) is 17.1. The smallest absolute Gasteiger partial charge is 0.243 e. The van der Waals surface area contributed by atoms with Crippen LogP contribution < -0.4 is 10.1 Å². The first kappa shape index (κ1) is 24.2. The molecular weight excluding hydrogens is 431 g/mol. The molecule has 1 atom stereocenters. The first-order chi connectivity index (χ1) is 15.4. The Morgan fingerprint density at radius 1 is 1.19 bits per heavy atom. The number of piperidine rings is 1. The van der Waals surface area contributed by atoms with Crippen LogP contribution in [0.15, 0.2) is 53.4 Å². The molecule has 0 aliphatic carbocycles. The highest BCUT2D eigenvalue weighted by Gasteiger charge is 2.33. The van der Waals surface area contributed by atoms with Crippen LogP contribution in [0.25, 0.3) is 0 Å². The lowest BCUT2D eigenvalue weighted by atomic mass is 9.99. The maximum absolute atomic E-state index is 13.1. The number of hydrogen-bond donors (Lipinski definition) is 1. The van der Waals surface area contributed by atoms with Crippen LogP contribution in [0.2, 0.25) is 0 Å². The standard InChI is InChI=1S/C24H31FN2O4S/c1-2-17-31-23-10-4-3-7-19(23)8-5-15-26-24(28)20-9-6-16-27(18-20)32(29,30)22-13-11-21(25)12-14-22/h3-4,7,10-14,20H,2,5-6,8-9,15-18H2,1H3,(H,26,28)/t20-/m1/s1. The molecule has 1 saturated heterocycles. The third-order valence-corrected chi connectivity index (χ3v) is 7.44. The van der Waals surface area contributed by atoms with Crippen molar-refractivity contribution in [1.82, 2.24) is 9.62 Å². The predicted molar refractivity (Wildman–Crippen MR) is 121 cm³/mol. The summed E-state index contributed by atoms with van der Waals surface area (Å²) in [4.78, 5) is 12.7. The topological polar surface area (TPSA) is 75.7 Å². The summed E-state index contributed by atoms with van der Waals surface area (Å²) in [6.07, 6.45) is 3.76. The highest BCUT2D eigenvalue weighted by Crippen LogP contribution is 2.24. The van der Waals surface area contributed by atoms with E-state index in [0.29, 0.717) is 32.5 Å². The number of hydrogen-bond acceptors (Lipinski definition) is 4. The zero-order valence-electron chi connectivity index (χ0n) is 18.4. The Hall–Kier alpha value is -2.45. The highest BCUT2D eigenvalue weighted by molar-refractivity contribution is 7.89. The van der Waals surface area contributed by atoms with Gasteiger partial charge in [0.2, 0.25) is 15.9 Å². The maximum atomic E-state index is 13.1. The molecule has 174 valence electrons. The quantitative estimate of drug-likeness (QED) is 0.546. The van der Waals surface area contributed by atoms with Crippen LogP contribution in [-0.4, -0.2) is 44.9 Å². The summed E-state index contributed by atoms with van der Waals surface area (Å²) in [5.41, 5.74) is 1.12. The minimum absolute atomic E-state index is 0.0453. The van der Waals surface area contributed by atoms with Gasteiger partial charge in [-0.2, -0.15) is 4.31 Å². The van der Waals surface area contributed by atoms with E-state index in [4.69, 9.17) is 4.74 Å². The van der Waals surface area contributed by atoms with Crippen LogP contribution >= 0.6 is 0 Å². The Morgan fingerprint density at radius 2 is 1.94 bits per heavy atom. The Labute approximate surface area is 189 Å². The Kier molecular flexibility index (Phi) is 8.64. The Bertz CT molecular complexity index is 995. The molecule has 0 saturated carbocycles. The third kappa shape index (κ3) is 6.29. The fourth-order valence-corrected chi connectivity index (χ4v) is 5.35. The first-order valence-corrected chi connectivity index (χ1v) is 12.6. The largest absolute Gasteiger partial charge is 0.493 e. The second-order valence-corrected chi connectivity index (χ2v) is 9.94. The van der Waals surface area contributed by atoms with Crippen molar-refractivity contribution in [3.8, 4) is 5.75 Å². The van der Waals surface area contributed by atoms with Crippen molar-refractivity contribution < 1.29 is 22.3 Å². The number of carbonyl (C=O) groups excluding carboxylic acids is 1. The number of nitrogens with one attached hydrogen (secondary N) is 1. The zero-order valence-corrected chi connectivity index (χ0v) is 19.2. The average Bonchev–Trinajstić information content (AvgIpc) is 2.81. The van der Waals surface area contributed by atoms with Gasteiger partial charge in [0.15, 0.2) is 0 Å². The van der Waals surface area contributed by atoms with Gasteiger partial charge in [-0.3, -0.25) is 4.79 Å². The Balaban J connectivity index is 1.50. The molecule has 1 aliphatic rings. The first-order valence-electron chi connectivity index (χ1n) is 11.2. The number of sulfonamides is 1. The van der Waals surface area contributed by atoms with Gasteiger partial charge in [0.25, 0.3) is 0 Å². The van der Waals surface area contributed by atoms with E-state index in [1.54, 1.807) is 0 Å². The van der Waals surface area contributed by atoms with Gasteiger partial charge in [0, 0.05) is 19.6 Å². The summed E-state index contributed by atoms with van der Waals surface area (Å²) >= 11 is 0. The second-order valence-electron chi connectivity index (χ2n) is 8.01. The van der Waals surface area contributed by atoms with Crippen LogP contribution in [0.5, 0.6) is 5.75 Å². The number of para-hydroxylation sites is 1. The second kappa shape index (κ2) is 11.4. The van der Waals surface area contributed by atoms with Gasteiger partial charge in [-0.25, -0.2) is 12.8 Å². The predicted octanol–water partition coefficient (Wildman–Crippen LogP) is 3.76. The van der Waals surface area contributed by atoms with Crippen molar-refractivity contribution in [2.45, 2.75) is 43.9 Å². The van der Waals surface area contributed by atoms with E-state index in [1.807, 2.05) is 24.3 Å². The van der Waals surface area contributed by atoms with Crippen molar-refractivity contribution in [3.05, 3.63) is 59.9 Å². The van der Waals surface area contributed by atoms with E-state index in [-0.39, 0.29) is 23.3 Å². The summed E-state index contributed by atoms with van der Waals surface area (Å²) in [5, 5.41) is 2.95. The minimum Gasteiger partial charge on any atom is -0.493 e. The van der Waals surface area contributed by atoms with E-state index in [1.165, 1.54) is 16.4 Å². The molecular formula is C24H31FN2O4S. The van der Waals surface area contributed by atoms with E-state index in [9.17, 15) is 17.6 Å². The number of carbonyl (C=O) groups is 1. The molecule has 2 aromatic carbocycles. The Morgan fingerprint density at radius 3 is 2.69 bits per heavy atom. The van der Waals surface area contributed by atoms with Crippen molar-refractivity contribution >= 4 is 15.9 Å². The molecule has 0 spiro atoms. The zero-order chi connectivity index (χ0) is 23.0. The van der Waals surface area contributed by atoms with Crippen LogP contribution in [0.4, 0.5) is 4.39 Å². The molecule has 32 heavy (non-hydrogen) atoms. The number of aryl methyl sites for hydroxylation is 1. The SMILES string of the molecule is CCCOc1ccccc1CCCNC(=O)[C@@H]1CCCN(S(=O)(=O)c2ccc(F)cc2)C1. The van der Waals surface area contributed by atoms with E-state index < -0.39 is 15.8 Å². The molecule has 1 aliphatic heterocycles. The number of amides is 1. The number of benzene rings is 2. The fourth-order valence-electron chi connectivity index (χ4n) is 3.83. The molecule has 1 heterocycles. The molecule has 1 N–H and O–H groups in total. The van der Waals surface area contributed by atoms with Gasteiger partial charge in [0.1, 0.15) is 11.6 Å². The van der Waals surface area contributed by atoms with Gasteiger partial charge in [-0.1, -0.05) is 25.1 Å². The van der Waals surface area contributed by atoms with Gasteiger partial charge >= 0.3 is 0 Å². The molecule has 8 heteroatoms. The van der Waals surface area contributed by atoms with Crippen LogP contribution in [0.1, 0.15) is 38.2 Å². The van der Waals surface area contributed by atoms with Crippen LogP contribution in [0, 0.1) is 11.7 Å². The molecule has 0 radical (unpaired) electrons. The van der Waals surface area contributed by atoms with Gasteiger partial charge in [-0.05, 0) is 68.0 Å². The molecule has 2 aromatic rings. The molecule has 3 rings (SSSR count). The van der Waals surface area contributed by atoms with Crippen molar-refractivity contribution in [2.24, 2.45) is 5.92 Å². The molecule has 1 fully saturated rings. The lowest BCUT2D eigenvalue weighted by molar-refractivity contribution is -0.126. The van der Waals surface area contributed by atoms with E-state index in [2.05, 4.69) is 12.2 Å². The third-order valence-electron chi connectivity index (χ3n) is 5.56. The molecule has 0 bridgehead atoms. The summed E-state index contributed by atoms with van der Waals surface area (Å²) in [6.45, 7) is 3.75. The van der Waals surface area contributed by atoms with Gasteiger partial charge < -0.3 is 10.1 Å².